The van der Waals surface area contributed by atoms with Gasteiger partial charge in [-0.25, -0.2) is 4.39 Å². The average Bonchev–Trinajstić information content (AvgIpc) is 2.55. The van der Waals surface area contributed by atoms with Gasteiger partial charge in [0.2, 0.25) is 0 Å². The molecule has 1 aromatic rings. The fourth-order valence-electron chi connectivity index (χ4n) is 1.64. The third-order valence-corrected chi connectivity index (χ3v) is 2.39. The standard InChI is InChI=1S/C10H12FN/c11-10(6-7-12-8-10)9-4-2-1-3-5-9/h1-5,12H,6-8H2/t10-/m1/s1. The lowest BCUT2D eigenvalue weighted by Crippen LogP contribution is -2.22. The van der Waals surface area contributed by atoms with Gasteiger partial charge in [0.1, 0.15) is 5.67 Å². The van der Waals surface area contributed by atoms with E-state index in [1.807, 2.05) is 30.3 Å². The molecule has 0 unspecified atom stereocenters. The van der Waals surface area contributed by atoms with Crippen molar-refractivity contribution in [1.82, 2.24) is 5.32 Å². The van der Waals surface area contributed by atoms with Crippen molar-refractivity contribution in [3.63, 3.8) is 0 Å². The van der Waals surface area contributed by atoms with E-state index in [0.29, 0.717) is 13.0 Å². The lowest BCUT2D eigenvalue weighted by Gasteiger charge is -2.17. The number of hydrogen-bond donors (Lipinski definition) is 1. The van der Waals surface area contributed by atoms with Crippen molar-refractivity contribution >= 4 is 0 Å². The van der Waals surface area contributed by atoms with Gasteiger partial charge in [-0.05, 0) is 18.5 Å². The van der Waals surface area contributed by atoms with E-state index in [0.717, 1.165) is 12.1 Å². The fourth-order valence-corrected chi connectivity index (χ4v) is 1.64. The van der Waals surface area contributed by atoms with E-state index in [1.165, 1.54) is 0 Å². The highest BCUT2D eigenvalue weighted by Crippen LogP contribution is 2.31. The van der Waals surface area contributed by atoms with Crippen molar-refractivity contribution in [2.45, 2.75) is 12.1 Å². The summed E-state index contributed by atoms with van der Waals surface area (Å²) in [5.41, 5.74) is -0.323. The number of hydrogen-bond acceptors (Lipinski definition) is 1. The lowest BCUT2D eigenvalue weighted by molar-refractivity contribution is 0.193. The summed E-state index contributed by atoms with van der Waals surface area (Å²) in [6.45, 7) is 1.24. The van der Waals surface area contributed by atoms with Crippen molar-refractivity contribution in [3.05, 3.63) is 35.9 Å². The zero-order valence-corrected chi connectivity index (χ0v) is 6.89. The second-order valence-electron chi connectivity index (χ2n) is 3.26. The molecule has 0 spiro atoms. The van der Waals surface area contributed by atoms with Crippen molar-refractivity contribution in [3.8, 4) is 0 Å². The largest absolute Gasteiger partial charge is 0.313 e. The molecule has 1 N–H and O–H groups in total. The highest BCUT2D eigenvalue weighted by molar-refractivity contribution is 5.24. The zero-order valence-electron chi connectivity index (χ0n) is 6.89. The molecular formula is C10H12FN. The Kier molecular flexibility index (Phi) is 1.85. The van der Waals surface area contributed by atoms with Gasteiger partial charge in [-0.1, -0.05) is 30.3 Å². The van der Waals surface area contributed by atoms with E-state index < -0.39 is 5.67 Å². The van der Waals surface area contributed by atoms with Gasteiger partial charge < -0.3 is 5.32 Å². The van der Waals surface area contributed by atoms with E-state index in [1.54, 1.807) is 0 Å². The highest BCUT2D eigenvalue weighted by Gasteiger charge is 2.34. The second kappa shape index (κ2) is 2.87. The third-order valence-electron chi connectivity index (χ3n) is 2.39. The van der Waals surface area contributed by atoms with Crippen LogP contribution in [0.15, 0.2) is 30.3 Å². The predicted octanol–water partition coefficient (Wildman–Crippen LogP) is 1.84. The average molecular weight is 165 g/mol. The van der Waals surface area contributed by atoms with Crippen LogP contribution in [0.1, 0.15) is 12.0 Å². The Bertz CT molecular complexity index is 252. The smallest absolute Gasteiger partial charge is 0.149 e. The summed E-state index contributed by atoms with van der Waals surface area (Å²) in [5, 5.41) is 3.04. The molecule has 0 bridgehead atoms. The molecule has 1 nitrogen and oxygen atoms in total. The van der Waals surface area contributed by atoms with Gasteiger partial charge in [0, 0.05) is 6.54 Å². The molecule has 12 heavy (non-hydrogen) atoms. The number of nitrogens with one attached hydrogen (secondary N) is 1. The van der Waals surface area contributed by atoms with Gasteiger partial charge in [0.15, 0.2) is 0 Å². The summed E-state index contributed by atoms with van der Waals surface area (Å²) in [5.74, 6) is 0. The first-order chi connectivity index (χ1) is 5.81. The normalized spacial score (nSPS) is 29.1. The first-order valence-electron chi connectivity index (χ1n) is 4.26. The molecule has 2 rings (SSSR count). The molecular weight excluding hydrogens is 153 g/mol. The minimum atomic E-state index is -1.12. The topological polar surface area (TPSA) is 12.0 Å². The Morgan fingerprint density at radius 3 is 2.58 bits per heavy atom. The van der Waals surface area contributed by atoms with Crippen LogP contribution in [0.2, 0.25) is 0 Å². The fraction of sp³-hybridized carbons (Fsp3) is 0.400. The van der Waals surface area contributed by atoms with Crippen LogP contribution >= 0.6 is 0 Å². The lowest BCUT2D eigenvalue weighted by atomic mass is 9.95. The van der Waals surface area contributed by atoms with Gasteiger partial charge >= 0.3 is 0 Å². The molecule has 1 aliphatic heterocycles. The quantitative estimate of drug-likeness (QED) is 0.669. The Labute approximate surface area is 71.6 Å². The summed E-state index contributed by atoms with van der Waals surface area (Å²) in [7, 11) is 0. The Morgan fingerprint density at radius 2 is 2.00 bits per heavy atom. The Morgan fingerprint density at radius 1 is 1.25 bits per heavy atom. The highest BCUT2D eigenvalue weighted by atomic mass is 19.1. The van der Waals surface area contributed by atoms with Crippen LogP contribution in [0, 0.1) is 0 Å². The van der Waals surface area contributed by atoms with Crippen LogP contribution < -0.4 is 5.32 Å². The maximum absolute atomic E-state index is 14.0. The van der Waals surface area contributed by atoms with Crippen LogP contribution in [0.5, 0.6) is 0 Å². The van der Waals surface area contributed by atoms with Gasteiger partial charge in [-0.15, -0.1) is 0 Å². The molecule has 0 aromatic heterocycles. The van der Waals surface area contributed by atoms with E-state index >= 15 is 0 Å². The minimum absolute atomic E-state index is 0.455. The van der Waals surface area contributed by atoms with Gasteiger partial charge in [0.25, 0.3) is 0 Å². The van der Waals surface area contributed by atoms with Crippen LogP contribution in [0.3, 0.4) is 0 Å². The monoisotopic (exact) mass is 165 g/mol. The molecule has 0 amide bonds. The van der Waals surface area contributed by atoms with Crippen LogP contribution in [-0.4, -0.2) is 13.1 Å². The first-order valence-corrected chi connectivity index (χ1v) is 4.26. The van der Waals surface area contributed by atoms with Gasteiger partial charge in [-0.2, -0.15) is 0 Å². The van der Waals surface area contributed by atoms with Crippen LogP contribution in [0.25, 0.3) is 0 Å². The maximum Gasteiger partial charge on any atom is 0.149 e. The van der Waals surface area contributed by atoms with E-state index in [4.69, 9.17) is 0 Å². The van der Waals surface area contributed by atoms with Crippen molar-refractivity contribution < 1.29 is 4.39 Å². The predicted molar refractivity (Wildman–Crippen MR) is 46.7 cm³/mol. The number of alkyl halides is 1. The molecule has 0 radical (unpaired) electrons. The third kappa shape index (κ3) is 1.23. The molecule has 1 heterocycles. The van der Waals surface area contributed by atoms with Crippen molar-refractivity contribution in [2.24, 2.45) is 0 Å². The molecule has 1 atom stereocenters. The molecule has 0 saturated carbocycles. The zero-order chi connectivity index (χ0) is 8.44. The van der Waals surface area contributed by atoms with Crippen LogP contribution in [0.4, 0.5) is 4.39 Å². The van der Waals surface area contributed by atoms with E-state index in [9.17, 15) is 4.39 Å². The molecule has 1 saturated heterocycles. The molecule has 2 heteroatoms. The Balaban J connectivity index is 2.29. The van der Waals surface area contributed by atoms with E-state index in [2.05, 4.69) is 5.32 Å². The summed E-state index contributed by atoms with van der Waals surface area (Å²) in [6.07, 6.45) is 0.594. The summed E-state index contributed by atoms with van der Waals surface area (Å²) < 4.78 is 14.0. The summed E-state index contributed by atoms with van der Waals surface area (Å²) >= 11 is 0. The molecule has 64 valence electrons. The number of benzene rings is 1. The second-order valence-corrected chi connectivity index (χ2v) is 3.26. The maximum atomic E-state index is 14.0. The van der Waals surface area contributed by atoms with Crippen molar-refractivity contribution in [2.75, 3.05) is 13.1 Å². The summed E-state index contributed by atoms with van der Waals surface area (Å²) in [6, 6.07) is 9.39. The van der Waals surface area contributed by atoms with E-state index in [-0.39, 0.29) is 0 Å². The van der Waals surface area contributed by atoms with Crippen LogP contribution in [-0.2, 0) is 5.67 Å². The Hall–Kier alpha value is -0.890. The molecule has 1 aromatic carbocycles. The van der Waals surface area contributed by atoms with Crippen molar-refractivity contribution in [1.29, 1.82) is 0 Å². The first kappa shape index (κ1) is 7.74. The molecule has 1 fully saturated rings. The summed E-state index contributed by atoms with van der Waals surface area (Å²) in [4.78, 5) is 0. The SMILES string of the molecule is F[C@]1(c2ccccc2)CCNC1. The number of rotatable bonds is 1. The minimum Gasteiger partial charge on any atom is -0.313 e. The molecule has 1 aliphatic rings. The van der Waals surface area contributed by atoms with Gasteiger partial charge in [-0.3, -0.25) is 0 Å². The molecule has 0 aliphatic carbocycles. The number of halogens is 1. The van der Waals surface area contributed by atoms with Gasteiger partial charge in [0.05, 0.1) is 0 Å².